The van der Waals surface area contributed by atoms with Gasteiger partial charge in [0.05, 0.1) is 39.9 Å². The number of carbonyl (C=O) groups excluding carboxylic acids is 1. The van der Waals surface area contributed by atoms with Crippen molar-refractivity contribution in [1.29, 1.82) is 0 Å². The average Bonchev–Trinajstić information content (AvgIpc) is 3.41. The van der Waals surface area contributed by atoms with Crippen molar-refractivity contribution in [2.75, 3.05) is 40.9 Å². The Labute approximate surface area is 485 Å². The van der Waals surface area contributed by atoms with Gasteiger partial charge in [-0.2, -0.15) is 0 Å². The Morgan fingerprint density at radius 2 is 0.756 bits per heavy atom. The van der Waals surface area contributed by atoms with Crippen molar-refractivity contribution in [3.63, 3.8) is 0 Å². The fraction of sp³-hybridized carbons (Fsp3) is 0.841. The zero-order valence-electron chi connectivity index (χ0n) is 52.4. The fourth-order valence-corrected chi connectivity index (χ4v) is 10.6. The molecule has 0 aromatic heterocycles. The Morgan fingerprint density at radius 3 is 1.12 bits per heavy atom. The number of hydrogen-bond donors (Lipinski definition) is 2. The quantitative estimate of drug-likeness (QED) is 0.0272. The van der Waals surface area contributed by atoms with Gasteiger partial charge in [-0.15, -0.1) is 0 Å². The van der Waals surface area contributed by atoms with E-state index in [1.807, 2.05) is 27.2 Å². The third-order valence-corrected chi connectivity index (χ3v) is 16.1. The molecule has 2 N–H and O–H groups in total. The van der Waals surface area contributed by atoms with E-state index in [1.54, 1.807) is 6.08 Å². The van der Waals surface area contributed by atoms with Gasteiger partial charge in [-0.25, -0.2) is 0 Å². The second-order valence-electron chi connectivity index (χ2n) is 24.2. The first-order chi connectivity index (χ1) is 38.0. The molecule has 458 valence electrons. The monoisotopic (exact) mass is 1110 g/mol. The summed E-state index contributed by atoms with van der Waals surface area (Å²) in [6.07, 6.45) is 82.0. The first-order valence-corrected chi connectivity index (χ1v) is 35.1. The standard InChI is InChI=1S/C69H131N2O6P/c1-6-8-10-12-14-16-18-20-22-24-26-28-29-30-31-32-33-34-35-36-37-38-39-40-41-43-45-47-49-51-53-55-57-59-61-63-69(73)70-67(66-77-78(74,75)76-65-64-71(3,4)5)68(72)62-60-58-56-54-52-50-48-46-44-42-27-25-23-21-19-17-15-13-11-9-7-2/h18,20,24,26,44,46,52,54,60,62,67-68,72H,6-17,19,21-23,25,27-43,45,47-51,53,55-59,61,63-66H2,1-5H3,(H-,70,73,74,75)/b20-18-,26-24-,46-44+,54-52+,62-60+. The predicted octanol–water partition coefficient (Wildman–Crippen LogP) is 20.6. The summed E-state index contributed by atoms with van der Waals surface area (Å²) in [6, 6.07) is -0.911. The van der Waals surface area contributed by atoms with Crippen molar-refractivity contribution >= 4 is 13.7 Å². The molecule has 9 heteroatoms. The van der Waals surface area contributed by atoms with Crippen LogP contribution >= 0.6 is 7.82 Å². The molecule has 78 heavy (non-hydrogen) atoms. The smallest absolute Gasteiger partial charge is 0.268 e. The van der Waals surface area contributed by atoms with Crippen LogP contribution in [0.2, 0.25) is 0 Å². The van der Waals surface area contributed by atoms with Gasteiger partial charge in [0.1, 0.15) is 13.2 Å². The van der Waals surface area contributed by atoms with Crippen LogP contribution in [0.3, 0.4) is 0 Å². The van der Waals surface area contributed by atoms with Crippen molar-refractivity contribution in [2.24, 2.45) is 0 Å². The number of amides is 1. The van der Waals surface area contributed by atoms with Crippen LogP contribution in [-0.2, 0) is 18.4 Å². The van der Waals surface area contributed by atoms with Gasteiger partial charge >= 0.3 is 0 Å². The number of hydrogen-bond acceptors (Lipinski definition) is 6. The van der Waals surface area contributed by atoms with Crippen LogP contribution in [-0.4, -0.2) is 68.5 Å². The lowest BCUT2D eigenvalue weighted by molar-refractivity contribution is -0.870. The summed E-state index contributed by atoms with van der Waals surface area (Å²) >= 11 is 0. The highest BCUT2D eigenvalue weighted by molar-refractivity contribution is 7.45. The molecule has 0 spiro atoms. The summed E-state index contributed by atoms with van der Waals surface area (Å²) in [5.41, 5.74) is 0. The molecular weight excluding hydrogens is 984 g/mol. The van der Waals surface area contributed by atoms with Gasteiger partial charge in [0.2, 0.25) is 5.91 Å². The lowest BCUT2D eigenvalue weighted by Gasteiger charge is -2.29. The summed E-state index contributed by atoms with van der Waals surface area (Å²) in [4.78, 5) is 25.6. The molecule has 1 amide bonds. The number of quaternary nitrogens is 1. The van der Waals surface area contributed by atoms with E-state index in [4.69, 9.17) is 9.05 Å². The molecule has 0 aliphatic carbocycles. The molecule has 3 unspecified atom stereocenters. The molecular formula is C69H131N2O6P. The number of nitrogens with zero attached hydrogens (tertiary/aromatic N) is 1. The molecule has 0 aliphatic heterocycles. The minimum Gasteiger partial charge on any atom is -0.756 e. The van der Waals surface area contributed by atoms with Crippen LogP contribution in [0.5, 0.6) is 0 Å². The lowest BCUT2D eigenvalue weighted by atomic mass is 10.0. The first-order valence-electron chi connectivity index (χ1n) is 33.7. The Bertz CT molecular complexity index is 1450. The maximum atomic E-state index is 13.0. The highest BCUT2D eigenvalue weighted by atomic mass is 31.2. The molecule has 0 aliphatic rings. The van der Waals surface area contributed by atoms with Crippen LogP contribution in [0.15, 0.2) is 60.8 Å². The Balaban J connectivity index is 4.06. The van der Waals surface area contributed by atoms with E-state index in [1.165, 1.54) is 250 Å². The molecule has 8 nitrogen and oxygen atoms in total. The maximum Gasteiger partial charge on any atom is 0.268 e. The fourth-order valence-electron chi connectivity index (χ4n) is 9.92. The van der Waals surface area contributed by atoms with E-state index in [2.05, 4.69) is 67.8 Å². The van der Waals surface area contributed by atoms with Crippen molar-refractivity contribution in [3.05, 3.63) is 60.8 Å². The Kier molecular flexibility index (Phi) is 58.4. The van der Waals surface area contributed by atoms with E-state index < -0.39 is 26.6 Å². The van der Waals surface area contributed by atoms with Crippen LogP contribution in [0.4, 0.5) is 0 Å². The highest BCUT2D eigenvalue weighted by Gasteiger charge is 2.23. The van der Waals surface area contributed by atoms with Gasteiger partial charge in [0, 0.05) is 6.42 Å². The van der Waals surface area contributed by atoms with Gasteiger partial charge in [0.15, 0.2) is 0 Å². The third-order valence-electron chi connectivity index (χ3n) is 15.2. The van der Waals surface area contributed by atoms with Crippen LogP contribution in [0.1, 0.15) is 322 Å². The topological polar surface area (TPSA) is 108 Å². The molecule has 3 atom stereocenters. The molecule has 0 saturated heterocycles. The third kappa shape index (κ3) is 61.8. The van der Waals surface area contributed by atoms with E-state index in [0.717, 1.165) is 51.4 Å². The van der Waals surface area contributed by atoms with Crippen molar-refractivity contribution in [1.82, 2.24) is 5.32 Å². The molecule has 0 radical (unpaired) electrons. The minimum atomic E-state index is -4.61. The summed E-state index contributed by atoms with van der Waals surface area (Å²) in [7, 11) is 1.24. The number of aliphatic hydroxyl groups excluding tert-OH is 1. The minimum absolute atomic E-state index is 0.00874. The number of nitrogens with one attached hydrogen (secondary N) is 1. The molecule has 0 heterocycles. The number of likely N-dealkylation sites (N-methyl/N-ethyl adjacent to an activating group) is 1. The predicted molar refractivity (Wildman–Crippen MR) is 339 cm³/mol. The zero-order chi connectivity index (χ0) is 57.0. The van der Waals surface area contributed by atoms with E-state index in [-0.39, 0.29) is 12.5 Å². The summed E-state index contributed by atoms with van der Waals surface area (Å²) in [5, 5.41) is 13.9. The molecule has 0 aromatic carbocycles. The van der Waals surface area contributed by atoms with Gasteiger partial charge in [-0.3, -0.25) is 9.36 Å². The van der Waals surface area contributed by atoms with E-state index in [0.29, 0.717) is 17.4 Å². The van der Waals surface area contributed by atoms with Crippen LogP contribution < -0.4 is 10.2 Å². The largest absolute Gasteiger partial charge is 0.756 e. The van der Waals surface area contributed by atoms with Gasteiger partial charge < -0.3 is 28.8 Å². The number of carbonyl (C=O) groups is 1. The lowest BCUT2D eigenvalue weighted by Crippen LogP contribution is -2.45. The number of rotatable bonds is 62. The average molecular weight is 1120 g/mol. The van der Waals surface area contributed by atoms with Crippen molar-refractivity contribution in [2.45, 2.75) is 334 Å². The number of phosphoric ester groups is 1. The van der Waals surface area contributed by atoms with Gasteiger partial charge in [-0.1, -0.05) is 299 Å². The van der Waals surface area contributed by atoms with Crippen LogP contribution in [0.25, 0.3) is 0 Å². The SMILES string of the molecule is CCCCCCC/C=C\C/C=C\CCCCCCCCCCCCCCCCCCCCCCCCCC(=O)NC(COP(=O)([O-])OCC[N+](C)(C)C)C(O)/C=C/CC/C=C/CC/C=C/CCCCCCCCCCCCC. The van der Waals surface area contributed by atoms with Gasteiger partial charge in [0.25, 0.3) is 7.82 Å². The molecule has 0 bridgehead atoms. The Morgan fingerprint density at radius 1 is 0.449 bits per heavy atom. The number of allylic oxidation sites excluding steroid dienone is 9. The summed E-state index contributed by atoms with van der Waals surface area (Å²) in [5.74, 6) is -0.207. The molecule has 0 aromatic rings. The maximum absolute atomic E-state index is 13.0. The summed E-state index contributed by atoms with van der Waals surface area (Å²) < 4.78 is 23.4. The highest BCUT2D eigenvalue weighted by Crippen LogP contribution is 2.38. The normalized spacial score (nSPS) is 14.1. The number of unbranched alkanes of at least 4 members (excludes halogenated alkanes) is 41. The van der Waals surface area contributed by atoms with Crippen molar-refractivity contribution < 1.29 is 32.9 Å². The second kappa shape index (κ2) is 59.8. The van der Waals surface area contributed by atoms with E-state index in [9.17, 15) is 19.4 Å². The number of aliphatic hydroxyl groups is 1. The second-order valence-corrected chi connectivity index (χ2v) is 25.6. The van der Waals surface area contributed by atoms with Crippen LogP contribution in [0, 0.1) is 0 Å². The zero-order valence-corrected chi connectivity index (χ0v) is 53.3. The number of phosphoric acid groups is 1. The van der Waals surface area contributed by atoms with Crippen molar-refractivity contribution in [3.8, 4) is 0 Å². The first kappa shape index (κ1) is 76.2. The van der Waals surface area contributed by atoms with E-state index >= 15 is 0 Å². The van der Waals surface area contributed by atoms with Gasteiger partial charge in [-0.05, 0) is 77.0 Å². The Hall–Kier alpha value is -1.80. The molecule has 0 rings (SSSR count). The summed E-state index contributed by atoms with van der Waals surface area (Å²) in [6.45, 7) is 4.64. The molecule has 0 saturated carbocycles. The molecule has 0 fully saturated rings.